The number of fused-ring (bicyclic) bond motifs is 3. The molecule has 9 heteroatoms. The number of carbonyl (C=O) groups is 1. The molecule has 0 spiro atoms. The normalized spacial score (nSPS) is 20.3. The summed E-state index contributed by atoms with van der Waals surface area (Å²) in [7, 11) is 3.94. The average Bonchev–Trinajstić information content (AvgIpc) is 3.17. The number of amides is 1. The maximum atomic E-state index is 13.1. The van der Waals surface area contributed by atoms with Crippen LogP contribution in [0.25, 0.3) is 11.0 Å². The number of anilines is 2. The zero-order valence-electron chi connectivity index (χ0n) is 18.1. The van der Waals surface area contributed by atoms with Gasteiger partial charge in [0.1, 0.15) is 0 Å². The summed E-state index contributed by atoms with van der Waals surface area (Å²) in [4.78, 5) is 35.3. The topological polar surface area (TPSA) is 73.6 Å². The minimum atomic E-state index is -0.0190. The minimum absolute atomic E-state index is 0.0190. The summed E-state index contributed by atoms with van der Waals surface area (Å²) in [6.45, 7) is 5.51. The number of hydrogen-bond acceptors (Lipinski definition) is 7. The van der Waals surface area contributed by atoms with Crippen molar-refractivity contribution >= 4 is 29.0 Å². The third-order valence-corrected chi connectivity index (χ3v) is 6.39. The van der Waals surface area contributed by atoms with Gasteiger partial charge in [0.05, 0.1) is 17.1 Å². The van der Waals surface area contributed by atoms with Crippen molar-refractivity contribution in [2.24, 2.45) is 0 Å². The van der Waals surface area contributed by atoms with Crippen LogP contribution in [0.15, 0.2) is 42.7 Å². The number of likely N-dealkylation sites (N-methyl/N-ethyl adjacent to an activating group) is 2. The van der Waals surface area contributed by atoms with Gasteiger partial charge in [0, 0.05) is 65.8 Å². The van der Waals surface area contributed by atoms with Gasteiger partial charge in [-0.3, -0.25) is 4.90 Å². The number of nitrogens with zero attached hydrogens (tertiary/aromatic N) is 8. The van der Waals surface area contributed by atoms with Crippen molar-refractivity contribution in [2.45, 2.75) is 12.5 Å². The fourth-order valence-corrected chi connectivity index (χ4v) is 4.53. The first-order chi connectivity index (χ1) is 15.1. The molecule has 0 N–H and O–H groups in total. The van der Waals surface area contributed by atoms with Crippen LogP contribution in [0.2, 0.25) is 0 Å². The predicted molar refractivity (Wildman–Crippen MR) is 121 cm³/mol. The summed E-state index contributed by atoms with van der Waals surface area (Å²) in [5, 5.41) is 0. The number of aromatic nitrogens is 4. The van der Waals surface area contributed by atoms with Gasteiger partial charge in [-0.25, -0.2) is 24.3 Å². The van der Waals surface area contributed by atoms with Gasteiger partial charge < -0.3 is 14.7 Å². The van der Waals surface area contributed by atoms with Gasteiger partial charge >= 0.3 is 6.03 Å². The SMILES string of the molecule is CN1CC(CCN2CCN(c3ncccn3)CC2)N(C)c2nc3ccccc3n2C1=O. The molecule has 162 valence electrons. The Hall–Kier alpha value is -3.20. The molecule has 5 rings (SSSR count). The van der Waals surface area contributed by atoms with Crippen molar-refractivity contribution in [3.63, 3.8) is 0 Å². The van der Waals surface area contributed by atoms with E-state index in [9.17, 15) is 4.79 Å². The van der Waals surface area contributed by atoms with Crippen LogP contribution in [0.5, 0.6) is 0 Å². The fraction of sp³-hybridized carbons (Fsp3) is 0.455. The first-order valence-electron chi connectivity index (χ1n) is 10.8. The highest BCUT2D eigenvalue weighted by Gasteiger charge is 2.32. The number of imidazole rings is 1. The van der Waals surface area contributed by atoms with Gasteiger partial charge in [0.15, 0.2) is 0 Å². The summed E-state index contributed by atoms with van der Waals surface area (Å²) >= 11 is 0. The van der Waals surface area contributed by atoms with Crippen molar-refractivity contribution in [1.29, 1.82) is 0 Å². The second-order valence-corrected chi connectivity index (χ2v) is 8.33. The minimum Gasteiger partial charge on any atom is -0.340 e. The quantitative estimate of drug-likeness (QED) is 0.637. The largest absolute Gasteiger partial charge is 0.340 e. The lowest BCUT2D eigenvalue weighted by Crippen LogP contribution is -2.49. The molecule has 2 aliphatic rings. The molecule has 2 aliphatic heterocycles. The summed E-state index contributed by atoms with van der Waals surface area (Å²) < 4.78 is 1.74. The number of benzene rings is 1. The third-order valence-electron chi connectivity index (χ3n) is 6.39. The molecule has 1 aromatic carbocycles. The second-order valence-electron chi connectivity index (χ2n) is 8.33. The molecule has 1 saturated heterocycles. The Morgan fingerprint density at radius 2 is 1.74 bits per heavy atom. The van der Waals surface area contributed by atoms with Crippen LogP contribution in [0.1, 0.15) is 6.42 Å². The van der Waals surface area contributed by atoms with Gasteiger partial charge in [-0.05, 0) is 24.6 Å². The van der Waals surface area contributed by atoms with Crippen molar-refractivity contribution < 1.29 is 4.79 Å². The Morgan fingerprint density at radius 1 is 1.00 bits per heavy atom. The van der Waals surface area contributed by atoms with Crippen LogP contribution < -0.4 is 9.80 Å². The predicted octanol–water partition coefficient (Wildman–Crippen LogP) is 1.76. The van der Waals surface area contributed by atoms with Crippen molar-refractivity contribution in [2.75, 3.05) is 63.2 Å². The number of carbonyl (C=O) groups excluding carboxylic acids is 1. The van der Waals surface area contributed by atoms with E-state index < -0.39 is 0 Å². The van der Waals surface area contributed by atoms with Crippen molar-refractivity contribution in [3.05, 3.63) is 42.7 Å². The van der Waals surface area contributed by atoms with Crippen molar-refractivity contribution in [1.82, 2.24) is 29.3 Å². The highest BCUT2D eigenvalue weighted by atomic mass is 16.2. The van der Waals surface area contributed by atoms with E-state index in [4.69, 9.17) is 4.98 Å². The van der Waals surface area contributed by atoms with Gasteiger partial charge in [0.2, 0.25) is 11.9 Å². The maximum absolute atomic E-state index is 13.1. The van der Waals surface area contributed by atoms with Gasteiger partial charge in [-0.15, -0.1) is 0 Å². The van der Waals surface area contributed by atoms with Crippen LogP contribution in [0, 0.1) is 0 Å². The first kappa shape index (κ1) is 19.7. The fourth-order valence-electron chi connectivity index (χ4n) is 4.53. The van der Waals surface area contributed by atoms with E-state index in [1.165, 1.54) is 0 Å². The lowest BCUT2D eigenvalue weighted by Gasteiger charge is -2.36. The van der Waals surface area contributed by atoms with Crippen molar-refractivity contribution in [3.8, 4) is 0 Å². The molecule has 31 heavy (non-hydrogen) atoms. The number of hydrogen-bond donors (Lipinski definition) is 0. The standard InChI is InChI=1S/C22H28N8O/c1-26-16-17(8-11-28-12-14-29(15-13-28)20-23-9-5-10-24-20)27(2)21-25-18-6-3-4-7-19(18)30(21)22(26)31/h3-7,9-10,17H,8,11-16H2,1-2H3. The Morgan fingerprint density at radius 3 is 2.52 bits per heavy atom. The molecular weight excluding hydrogens is 392 g/mol. The Kier molecular flexibility index (Phi) is 5.19. The van der Waals surface area contributed by atoms with Gasteiger partial charge in [-0.2, -0.15) is 0 Å². The first-order valence-corrected chi connectivity index (χ1v) is 10.8. The summed E-state index contributed by atoms with van der Waals surface area (Å²) in [5.74, 6) is 1.54. The molecule has 2 aromatic heterocycles. The van der Waals surface area contributed by atoms with E-state index in [1.54, 1.807) is 17.0 Å². The molecule has 0 bridgehead atoms. The van der Waals surface area contributed by atoms with E-state index in [0.29, 0.717) is 6.54 Å². The number of piperazine rings is 1. The van der Waals surface area contributed by atoms with Crippen LogP contribution in [0.4, 0.5) is 16.7 Å². The van der Waals surface area contributed by atoms with Crippen LogP contribution in [-0.2, 0) is 0 Å². The lowest BCUT2D eigenvalue weighted by molar-refractivity contribution is 0.207. The zero-order chi connectivity index (χ0) is 21.4. The highest BCUT2D eigenvalue weighted by Crippen LogP contribution is 2.27. The van der Waals surface area contributed by atoms with E-state index in [0.717, 1.165) is 62.1 Å². The maximum Gasteiger partial charge on any atom is 0.331 e. The van der Waals surface area contributed by atoms with E-state index in [2.05, 4.69) is 31.7 Å². The summed E-state index contributed by atoms with van der Waals surface area (Å²) in [6.07, 6.45) is 4.56. The lowest BCUT2D eigenvalue weighted by atomic mass is 10.1. The summed E-state index contributed by atoms with van der Waals surface area (Å²) in [6, 6.07) is 9.87. The van der Waals surface area contributed by atoms with Gasteiger partial charge in [-0.1, -0.05) is 12.1 Å². The van der Waals surface area contributed by atoms with Gasteiger partial charge in [0.25, 0.3) is 0 Å². The monoisotopic (exact) mass is 420 g/mol. The zero-order valence-corrected chi connectivity index (χ0v) is 18.1. The van der Waals surface area contributed by atoms with Crippen LogP contribution in [0.3, 0.4) is 0 Å². The van der Waals surface area contributed by atoms with Crippen LogP contribution >= 0.6 is 0 Å². The Balaban J connectivity index is 1.26. The molecule has 0 saturated carbocycles. The molecular formula is C22H28N8O. The van der Waals surface area contributed by atoms with E-state index in [-0.39, 0.29) is 12.1 Å². The molecule has 1 fully saturated rings. The van der Waals surface area contributed by atoms with E-state index >= 15 is 0 Å². The molecule has 0 aliphatic carbocycles. The summed E-state index contributed by atoms with van der Waals surface area (Å²) in [5.41, 5.74) is 1.71. The Labute approximate surface area is 181 Å². The number of para-hydroxylation sites is 2. The molecule has 0 radical (unpaired) electrons. The molecule has 3 aromatic rings. The molecule has 4 heterocycles. The highest BCUT2D eigenvalue weighted by molar-refractivity contribution is 5.93. The molecule has 1 amide bonds. The van der Waals surface area contributed by atoms with Crippen LogP contribution in [-0.4, -0.2) is 94.8 Å². The molecule has 1 unspecified atom stereocenters. The molecule has 1 atom stereocenters. The molecule has 9 nitrogen and oxygen atoms in total. The van der Waals surface area contributed by atoms with E-state index in [1.807, 2.05) is 42.3 Å². The second kappa shape index (κ2) is 8.14. The third kappa shape index (κ3) is 3.69. The average molecular weight is 421 g/mol. The number of rotatable bonds is 4. The Bertz CT molecular complexity index is 1060. The smallest absolute Gasteiger partial charge is 0.331 e.